The minimum atomic E-state index is -0.611. The number of anilines is 2. The maximum absolute atomic E-state index is 12.1. The van der Waals surface area contributed by atoms with Crippen molar-refractivity contribution in [3.63, 3.8) is 0 Å². The molecular formula is C20H22N4O3. The summed E-state index contributed by atoms with van der Waals surface area (Å²) in [6.45, 7) is 1.75. The standard InChI is InChI=1S/C20H22N4O3/c1-26-20(25)17-18(21)23-19(24-10-6-2-3-7-11-24)16(22-17)15-12-13-8-4-5-9-14(13)27-15/h4-5,8-9,12H,2-3,6-7,10-11H2,1H3,(H2,21,23). The van der Waals surface area contributed by atoms with E-state index in [9.17, 15) is 4.79 Å². The van der Waals surface area contributed by atoms with Crippen LogP contribution in [0.5, 0.6) is 0 Å². The predicted octanol–water partition coefficient (Wildman–Crippen LogP) is 3.64. The average Bonchev–Trinajstić information content (AvgIpc) is 2.93. The van der Waals surface area contributed by atoms with E-state index in [-0.39, 0.29) is 11.5 Å². The Morgan fingerprint density at radius 2 is 1.89 bits per heavy atom. The van der Waals surface area contributed by atoms with Crippen LogP contribution in [0.25, 0.3) is 22.4 Å². The zero-order chi connectivity index (χ0) is 18.8. The maximum atomic E-state index is 12.1. The number of benzene rings is 1. The van der Waals surface area contributed by atoms with Crippen LogP contribution < -0.4 is 10.6 Å². The number of esters is 1. The fraction of sp³-hybridized carbons (Fsp3) is 0.350. The van der Waals surface area contributed by atoms with Crippen molar-refractivity contribution in [2.75, 3.05) is 30.8 Å². The van der Waals surface area contributed by atoms with Crippen molar-refractivity contribution < 1.29 is 13.9 Å². The number of para-hydroxylation sites is 1. The molecule has 27 heavy (non-hydrogen) atoms. The molecule has 0 aliphatic carbocycles. The Bertz CT molecular complexity index is 942. The quantitative estimate of drug-likeness (QED) is 0.707. The van der Waals surface area contributed by atoms with Gasteiger partial charge in [0.15, 0.2) is 23.1 Å². The third-order valence-electron chi connectivity index (χ3n) is 4.85. The molecule has 1 aliphatic rings. The van der Waals surface area contributed by atoms with Crippen molar-refractivity contribution in [3.05, 3.63) is 36.0 Å². The molecule has 3 aromatic rings. The SMILES string of the molecule is COC(=O)c1nc(-c2cc3ccccc3o2)c(N2CCCCCC2)nc1N. The van der Waals surface area contributed by atoms with E-state index in [4.69, 9.17) is 14.9 Å². The van der Waals surface area contributed by atoms with Crippen LogP contribution >= 0.6 is 0 Å². The molecule has 0 spiro atoms. The van der Waals surface area contributed by atoms with Crippen LogP contribution in [0.2, 0.25) is 0 Å². The van der Waals surface area contributed by atoms with Gasteiger partial charge in [0.05, 0.1) is 7.11 Å². The van der Waals surface area contributed by atoms with Gasteiger partial charge in [-0.15, -0.1) is 0 Å². The van der Waals surface area contributed by atoms with Crippen LogP contribution in [0.15, 0.2) is 34.7 Å². The summed E-state index contributed by atoms with van der Waals surface area (Å²) in [5.41, 5.74) is 7.31. The molecule has 4 rings (SSSR count). The molecule has 140 valence electrons. The largest absolute Gasteiger partial charge is 0.464 e. The lowest BCUT2D eigenvalue weighted by atomic mass is 10.2. The number of furan rings is 1. The highest BCUT2D eigenvalue weighted by molar-refractivity contribution is 5.94. The molecule has 7 nitrogen and oxygen atoms in total. The summed E-state index contributed by atoms with van der Waals surface area (Å²) in [6, 6.07) is 9.65. The minimum absolute atomic E-state index is 0.00604. The van der Waals surface area contributed by atoms with Gasteiger partial charge >= 0.3 is 5.97 Å². The molecule has 0 amide bonds. The predicted molar refractivity (Wildman–Crippen MR) is 104 cm³/mol. The molecule has 0 saturated carbocycles. The van der Waals surface area contributed by atoms with Crippen molar-refractivity contribution in [3.8, 4) is 11.5 Å². The van der Waals surface area contributed by atoms with Gasteiger partial charge < -0.3 is 19.8 Å². The Morgan fingerprint density at radius 1 is 1.15 bits per heavy atom. The molecule has 1 fully saturated rings. The van der Waals surface area contributed by atoms with E-state index in [1.807, 2.05) is 30.3 Å². The van der Waals surface area contributed by atoms with Gasteiger partial charge in [0.2, 0.25) is 0 Å². The first kappa shape index (κ1) is 17.3. The monoisotopic (exact) mass is 366 g/mol. The first-order valence-electron chi connectivity index (χ1n) is 9.17. The molecule has 1 aliphatic heterocycles. The Labute approximate surface area is 157 Å². The summed E-state index contributed by atoms with van der Waals surface area (Å²) < 4.78 is 10.8. The number of nitrogen functional groups attached to an aromatic ring is 1. The Hall–Kier alpha value is -3.09. The van der Waals surface area contributed by atoms with Gasteiger partial charge in [-0.25, -0.2) is 14.8 Å². The van der Waals surface area contributed by atoms with Crippen LogP contribution in [-0.2, 0) is 4.74 Å². The second kappa shape index (κ2) is 7.26. The zero-order valence-corrected chi connectivity index (χ0v) is 15.3. The van der Waals surface area contributed by atoms with E-state index in [1.54, 1.807) is 0 Å². The second-order valence-electron chi connectivity index (χ2n) is 6.67. The van der Waals surface area contributed by atoms with E-state index in [0.29, 0.717) is 17.3 Å². The van der Waals surface area contributed by atoms with E-state index in [2.05, 4.69) is 14.9 Å². The smallest absolute Gasteiger partial charge is 0.360 e. The molecule has 0 bridgehead atoms. The van der Waals surface area contributed by atoms with Crippen LogP contribution in [0.1, 0.15) is 36.2 Å². The number of aromatic nitrogens is 2. The lowest BCUT2D eigenvalue weighted by Gasteiger charge is -2.23. The third kappa shape index (κ3) is 3.32. The summed E-state index contributed by atoms with van der Waals surface area (Å²) >= 11 is 0. The van der Waals surface area contributed by atoms with Crippen LogP contribution in [-0.4, -0.2) is 36.1 Å². The first-order chi connectivity index (χ1) is 13.2. The summed E-state index contributed by atoms with van der Waals surface area (Å²) in [4.78, 5) is 23.3. The maximum Gasteiger partial charge on any atom is 0.360 e. The van der Waals surface area contributed by atoms with Gasteiger partial charge in [0.1, 0.15) is 11.3 Å². The summed E-state index contributed by atoms with van der Waals surface area (Å²) in [5, 5.41) is 0.965. The van der Waals surface area contributed by atoms with Crippen molar-refractivity contribution in [2.24, 2.45) is 0 Å². The summed E-state index contributed by atoms with van der Waals surface area (Å²) in [7, 11) is 1.30. The minimum Gasteiger partial charge on any atom is -0.464 e. The number of carbonyl (C=O) groups is 1. The highest BCUT2D eigenvalue weighted by atomic mass is 16.5. The number of nitrogens with two attached hydrogens (primary N) is 1. The fourth-order valence-electron chi connectivity index (χ4n) is 3.45. The first-order valence-corrected chi connectivity index (χ1v) is 9.17. The number of methoxy groups -OCH3 is 1. The lowest BCUT2D eigenvalue weighted by Crippen LogP contribution is -2.27. The molecule has 7 heteroatoms. The summed E-state index contributed by atoms with van der Waals surface area (Å²) in [5.74, 6) is 0.676. The molecule has 0 radical (unpaired) electrons. The molecule has 1 saturated heterocycles. The van der Waals surface area contributed by atoms with Gasteiger partial charge in [0.25, 0.3) is 0 Å². The van der Waals surface area contributed by atoms with Crippen LogP contribution in [0.3, 0.4) is 0 Å². The Kier molecular flexibility index (Phi) is 4.66. The lowest BCUT2D eigenvalue weighted by molar-refractivity contribution is 0.0595. The van der Waals surface area contributed by atoms with Crippen molar-refractivity contribution in [1.29, 1.82) is 0 Å². The van der Waals surface area contributed by atoms with Gasteiger partial charge in [-0.2, -0.15) is 0 Å². The van der Waals surface area contributed by atoms with Gasteiger partial charge in [-0.05, 0) is 25.0 Å². The number of fused-ring (bicyclic) bond motifs is 1. The van der Waals surface area contributed by atoms with E-state index < -0.39 is 5.97 Å². The van der Waals surface area contributed by atoms with Crippen LogP contribution in [0, 0.1) is 0 Å². The second-order valence-corrected chi connectivity index (χ2v) is 6.67. The number of carbonyl (C=O) groups excluding carboxylic acids is 1. The summed E-state index contributed by atoms with van der Waals surface area (Å²) in [6.07, 6.45) is 4.55. The highest BCUT2D eigenvalue weighted by Gasteiger charge is 2.25. The van der Waals surface area contributed by atoms with E-state index in [0.717, 1.165) is 36.9 Å². The van der Waals surface area contributed by atoms with Crippen molar-refractivity contribution in [2.45, 2.75) is 25.7 Å². The molecule has 0 atom stereocenters. The van der Waals surface area contributed by atoms with Gasteiger partial charge in [-0.1, -0.05) is 31.0 Å². The Morgan fingerprint density at radius 3 is 2.59 bits per heavy atom. The molecule has 2 N–H and O–H groups in total. The number of nitrogens with zero attached hydrogens (tertiary/aromatic N) is 3. The molecule has 2 aromatic heterocycles. The highest BCUT2D eigenvalue weighted by Crippen LogP contribution is 2.34. The van der Waals surface area contributed by atoms with Gasteiger partial charge in [0, 0.05) is 18.5 Å². The molecule has 1 aromatic carbocycles. The normalized spacial score (nSPS) is 14.9. The number of hydrogen-bond acceptors (Lipinski definition) is 7. The molecule has 3 heterocycles. The number of ether oxygens (including phenoxy) is 1. The average molecular weight is 366 g/mol. The zero-order valence-electron chi connectivity index (χ0n) is 15.3. The van der Waals surface area contributed by atoms with E-state index in [1.165, 1.54) is 20.0 Å². The topological polar surface area (TPSA) is 94.5 Å². The molecule has 0 unspecified atom stereocenters. The van der Waals surface area contributed by atoms with Crippen LogP contribution in [0.4, 0.5) is 11.6 Å². The van der Waals surface area contributed by atoms with Crippen molar-refractivity contribution >= 4 is 28.6 Å². The van der Waals surface area contributed by atoms with Gasteiger partial charge in [-0.3, -0.25) is 0 Å². The molecular weight excluding hydrogens is 344 g/mol. The van der Waals surface area contributed by atoms with E-state index >= 15 is 0 Å². The Balaban J connectivity index is 1.88. The van der Waals surface area contributed by atoms with Crippen molar-refractivity contribution in [1.82, 2.24) is 9.97 Å². The fourth-order valence-corrected chi connectivity index (χ4v) is 3.45. The third-order valence-corrected chi connectivity index (χ3v) is 4.85. The number of hydrogen-bond donors (Lipinski definition) is 1. The number of rotatable bonds is 3.